The van der Waals surface area contributed by atoms with Gasteiger partial charge in [0, 0.05) is 31.8 Å². The second-order valence-corrected chi connectivity index (χ2v) is 7.46. The lowest BCUT2D eigenvalue weighted by molar-refractivity contribution is -0.0277. The van der Waals surface area contributed by atoms with Crippen LogP contribution in [0.1, 0.15) is 42.0 Å². The van der Waals surface area contributed by atoms with E-state index in [0.717, 1.165) is 49.4 Å². The van der Waals surface area contributed by atoms with Gasteiger partial charge in [0.25, 0.3) is 0 Å². The molecule has 1 aliphatic rings. The highest BCUT2D eigenvalue weighted by Crippen LogP contribution is 2.33. The smallest absolute Gasteiger partial charge is 0.124 e. The molecule has 0 bridgehead atoms. The van der Waals surface area contributed by atoms with Crippen LogP contribution in [0, 0.1) is 6.92 Å². The minimum absolute atomic E-state index is 0.570. The van der Waals surface area contributed by atoms with E-state index in [2.05, 4.69) is 48.2 Å². The first kappa shape index (κ1) is 19.9. The summed E-state index contributed by atoms with van der Waals surface area (Å²) in [5, 5.41) is 11.1. The molecule has 1 N–H and O–H groups in total. The molecule has 0 unspecified atom stereocenters. The van der Waals surface area contributed by atoms with Crippen molar-refractivity contribution in [3.63, 3.8) is 0 Å². The normalized spacial score (nSPS) is 17.0. The van der Waals surface area contributed by atoms with Gasteiger partial charge < -0.3 is 14.6 Å². The van der Waals surface area contributed by atoms with Gasteiger partial charge in [-0.05, 0) is 49.9 Å². The maximum atomic E-state index is 11.1. The molecule has 3 rings (SSSR count). The molecule has 2 aromatic carbocycles. The Morgan fingerprint density at radius 2 is 1.78 bits per heavy atom. The van der Waals surface area contributed by atoms with Crippen LogP contribution in [-0.2, 0) is 23.5 Å². The molecule has 0 spiro atoms. The van der Waals surface area contributed by atoms with Crippen molar-refractivity contribution in [1.29, 1.82) is 0 Å². The Hall–Kier alpha value is -1.88. The summed E-state index contributed by atoms with van der Waals surface area (Å²) in [7, 11) is 1.70. The maximum Gasteiger partial charge on any atom is 0.124 e. The molecular weight excluding hydrogens is 338 g/mol. The number of nitrogens with zero attached hydrogens (tertiary/aromatic N) is 1. The van der Waals surface area contributed by atoms with Crippen molar-refractivity contribution >= 4 is 0 Å². The van der Waals surface area contributed by atoms with Crippen LogP contribution in [0.25, 0.3) is 0 Å². The predicted octanol–water partition coefficient (Wildman–Crippen LogP) is 4.02. The Kier molecular flexibility index (Phi) is 6.53. The molecule has 0 saturated carbocycles. The van der Waals surface area contributed by atoms with E-state index in [-0.39, 0.29) is 0 Å². The van der Waals surface area contributed by atoms with Crippen LogP contribution in [0.2, 0.25) is 0 Å². The van der Waals surface area contributed by atoms with Crippen LogP contribution in [0.3, 0.4) is 0 Å². The molecule has 27 heavy (non-hydrogen) atoms. The highest BCUT2D eigenvalue weighted by molar-refractivity contribution is 5.37. The summed E-state index contributed by atoms with van der Waals surface area (Å²) < 4.78 is 11.0. The molecule has 2 aromatic rings. The van der Waals surface area contributed by atoms with E-state index in [1.807, 2.05) is 13.0 Å². The summed E-state index contributed by atoms with van der Waals surface area (Å²) in [6, 6.07) is 14.6. The second kappa shape index (κ2) is 8.87. The standard InChI is InChI=1S/C23H31NO3/c1-4-27-17-20-15-19(7-10-22(20)26-3)16-24-13-11-23(25,12-14-24)21-8-5-18(2)6-9-21/h5-10,15,25H,4,11-14,16-17H2,1-3H3. The van der Waals surface area contributed by atoms with Crippen LogP contribution in [-0.4, -0.2) is 36.8 Å². The fraction of sp³-hybridized carbons (Fsp3) is 0.478. The number of hydrogen-bond acceptors (Lipinski definition) is 4. The number of hydrogen-bond donors (Lipinski definition) is 1. The highest BCUT2D eigenvalue weighted by atomic mass is 16.5. The van der Waals surface area contributed by atoms with E-state index in [1.165, 1.54) is 11.1 Å². The molecule has 0 amide bonds. The third-order valence-corrected chi connectivity index (χ3v) is 5.48. The van der Waals surface area contributed by atoms with Gasteiger partial charge in [0.2, 0.25) is 0 Å². The van der Waals surface area contributed by atoms with Crippen molar-refractivity contribution in [2.75, 3.05) is 26.8 Å². The summed E-state index contributed by atoms with van der Waals surface area (Å²) in [6.45, 7) is 7.99. The molecular formula is C23H31NO3. The lowest BCUT2D eigenvalue weighted by atomic mass is 9.84. The maximum absolute atomic E-state index is 11.1. The monoisotopic (exact) mass is 369 g/mol. The molecule has 1 fully saturated rings. The first-order valence-electron chi connectivity index (χ1n) is 9.79. The molecule has 1 heterocycles. The Bertz CT molecular complexity index is 734. The van der Waals surface area contributed by atoms with Gasteiger partial charge in [-0.15, -0.1) is 0 Å². The van der Waals surface area contributed by atoms with Crippen molar-refractivity contribution in [2.24, 2.45) is 0 Å². The third-order valence-electron chi connectivity index (χ3n) is 5.48. The number of piperidine rings is 1. The first-order valence-corrected chi connectivity index (χ1v) is 9.79. The molecule has 1 aliphatic heterocycles. The Balaban J connectivity index is 1.62. The topological polar surface area (TPSA) is 41.9 Å². The van der Waals surface area contributed by atoms with E-state index in [9.17, 15) is 5.11 Å². The summed E-state index contributed by atoms with van der Waals surface area (Å²) in [4.78, 5) is 2.41. The number of rotatable bonds is 7. The average Bonchev–Trinajstić information content (AvgIpc) is 2.69. The molecule has 0 aromatic heterocycles. The fourth-order valence-electron chi connectivity index (χ4n) is 3.75. The number of likely N-dealkylation sites (tertiary alicyclic amines) is 1. The van der Waals surface area contributed by atoms with E-state index >= 15 is 0 Å². The molecule has 1 saturated heterocycles. The number of aliphatic hydroxyl groups is 1. The summed E-state index contributed by atoms with van der Waals surface area (Å²) in [5.74, 6) is 0.875. The lowest BCUT2D eigenvalue weighted by Crippen LogP contribution is -2.42. The van der Waals surface area contributed by atoms with E-state index in [4.69, 9.17) is 9.47 Å². The van der Waals surface area contributed by atoms with Crippen LogP contribution in [0.15, 0.2) is 42.5 Å². The minimum atomic E-state index is -0.704. The molecule has 0 atom stereocenters. The van der Waals surface area contributed by atoms with Crippen LogP contribution in [0.4, 0.5) is 0 Å². The summed E-state index contributed by atoms with van der Waals surface area (Å²) >= 11 is 0. The minimum Gasteiger partial charge on any atom is -0.496 e. The van der Waals surface area contributed by atoms with Gasteiger partial charge in [-0.25, -0.2) is 0 Å². The average molecular weight is 370 g/mol. The van der Waals surface area contributed by atoms with E-state index in [0.29, 0.717) is 13.2 Å². The van der Waals surface area contributed by atoms with Gasteiger partial charge in [-0.3, -0.25) is 4.90 Å². The van der Waals surface area contributed by atoms with Gasteiger partial charge in [0.1, 0.15) is 5.75 Å². The number of benzene rings is 2. The van der Waals surface area contributed by atoms with Crippen molar-refractivity contribution in [3.05, 3.63) is 64.7 Å². The summed E-state index contributed by atoms with van der Waals surface area (Å²) in [6.07, 6.45) is 1.52. The van der Waals surface area contributed by atoms with Crippen molar-refractivity contribution in [1.82, 2.24) is 4.90 Å². The largest absolute Gasteiger partial charge is 0.496 e. The van der Waals surface area contributed by atoms with Gasteiger partial charge in [0.05, 0.1) is 19.3 Å². The van der Waals surface area contributed by atoms with E-state index in [1.54, 1.807) is 7.11 Å². The zero-order valence-electron chi connectivity index (χ0n) is 16.7. The Morgan fingerprint density at radius 3 is 2.41 bits per heavy atom. The molecule has 4 heteroatoms. The van der Waals surface area contributed by atoms with Crippen LogP contribution >= 0.6 is 0 Å². The van der Waals surface area contributed by atoms with E-state index < -0.39 is 5.60 Å². The van der Waals surface area contributed by atoms with Crippen molar-refractivity contribution < 1.29 is 14.6 Å². The SMILES string of the molecule is CCOCc1cc(CN2CCC(O)(c3ccc(C)cc3)CC2)ccc1OC. The molecule has 146 valence electrons. The number of aryl methyl sites for hydroxylation is 1. The lowest BCUT2D eigenvalue weighted by Gasteiger charge is -2.38. The molecule has 0 radical (unpaired) electrons. The van der Waals surface area contributed by atoms with Gasteiger partial charge >= 0.3 is 0 Å². The quantitative estimate of drug-likeness (QED) is 0.800. The fourth-order valence-corrected chi connectivity index (χ4v) is 3.75. The highest BCUT2D eigenvalue weighted by Gasteiger charge is 2.33. The Labute approximate surface area is 162 Å². The molecule has 4 nitrogen and oxygen atoms in total. The van der Waals surface area contributed by atoms with Gasteiger partial charge in [-0.1, -0.05) is 35.9 Å². The summed E-state index contributed by atoms with van der Waals surface area (Å²) in [5.41, 5.74) is 3.90. The van der Waals surface area contributed by atoms with Crippen molar-refractivity contribution in [3.8, 4) is 5.75 Å². The number of ether oxygens (including phenoxy) is 2. The number of methoxy groups -OCH3 is 1. The van der Waals surface area contributed by atoms with Crippen molar-refractivity contribution in [2.45, 2.75) is 45.4 Å². The third kappa shape index (κ3) is 4.89. The second-order valence-electron chi connectivity index (χ2n) is 7.46. The zero-order chi connectivity index (χ0) is 19.3. The zero-order valence-corrected chi connectivity index (χ0v) is 16.7. The Morgan fingerprint density at radius 1 is 1.07 bits per heavy atom. The van der Waals surface area contributed by atoms with Crippen LogP contribution in [0.5, 0.6) is 5.75 Å². The van der Waals surface area contributed by atoms with Gasteiger partial charge in [0.15, 0.2) is 0 Å². The first-order chi connectivity index (χ1) is 13.0. The van der Waals surface area contributed by atoms with Gasteiger partial charge in [-0.2, -0.15) is 0 Å². The van der Waals surface area contributed by atoms with Crippen LogP contribution < -0.4 is 4.74 Å². The predicted molar refractivity (Wildman–Crippen MR) is 108 cm³/mol. The molecule has 0 aliphatic carbocycles.